The van der Waals surface area contributed by atoms with Gasteiger partial charge >= 0.3 is 0 Å². The summed E-state index contributed by atoms with van der Waals surface area (Å²) in [6, 6.07) is 19.3. The van der Waals surface area contributed by atoms with E-state index in [1.54, 1.807) is 4.90 Å². The van der Waals surface area contributed by atoms with Crippen LogP contribution in [0.4, 0.5) is 11.4 Å². The van der Waals surface area contributed by atoms with Crippen LogP contribution in [0.5, 0.6) is 0 Å². The third-order valence-corrected chi connectivity index (χ3v) is 5.08. The first-order chi connectivity index (χ1) is 13.1. The summed E-state index contributed by atoms with van der Waals surface area (Å²) >= 11 is 1.44. The second kappa shape index (κ2) is 8.64. The average Bonchev–Trinajstić information content (AvgIpc) is 3.22. The monoisotopic (exact) mass is 378 g/mol. The highest BCUT2D eigenvalue weighted by Crippen LogP contribution is 2.23. The molecule has 1 aromatic heterocycles. The molecule has 0 radical (unpaired) electrons. The van der Waals surface area contributed by atoms with Crippen molar-refractivity contribution in [2.45, 2.75) is 26.8 Å². The number of hydrogen-bond donors (Lipinski definition) is 1. The van der Waals surface area contributed by atoms with Gasteiger partial charge in [-0.25, -0.2) is 0 Å². The molecule has 0 aliphatic heterocycles. The minimum Gasteiger partial charge on any atom is -0.326 e. The van der Waals surface area contributed by atoms with Crippen molar-refractivity contribution in [1.82, 2.24) is 0 Å². The van der Waals surface area contributed by atoms with Crippen molar-refractivity contribution in [1.29, 1.82) is 0 Å². The van der Waals surface area contributed by atoms with Gasteiger partial charge in [-0.1, -0.05) is 42.8 Å². The van der Waals surface area contributed by atoms with E-state index in [2.05, 4.69) is 5.32 Å². The number of carbonyl (C=O) groups excluding carboxylic acids is 2. The number of benzene rings is 2. The molecular formula is C22H22N2O2S. The van der Waals surface area contributed by atoms with E-state index < -0.39 is 0 Å². The maximum atomic E-state index is 13.0. The molecule has 0 saturated carbocycles. The third kappa shape index (κ3) is 4.83. The van der Waals surface area contributed by atoms with Gasteiger partial charge in [0.2, 0.25) is 5.91 Å². The number of nitrogens with zero attached hydrogens (tertiary/aromatic N) is 1. The number of rotatable bonds is 6. The van der Waals surface area contributed by atoms with E-state index in [1.165, 1.54) is 11.3 Å². The molecule has 0 aliphatic rings. The molecule has 0 fully saturated rings. The van der Waals surface area contributed by atoms with Gasteiger partial charge in [0, 0.05) is 17.8 Å². The van der Waals surface area contributed by atoms with E-state index in [0.717, 1.165) is 22.5 Å². The Morgan fingerprint density at radius 2 is 1.70 bits per heavy atom. The lowest BCUT2D eigenvalue weighted by Gasteiger charge is -2.23. The highest BCUT2D eigenvalue weighted by Gasteiger charge is 2.19. The summed E-state index contributed by atoms with van der Waals surface area (Å²) in [6.07, 6.45) is 0.443. The first kappa shape index (κ1) is 18.9. The van der Waals surface area contributed by atoms with Crippen LogP contribution in [0.2, 0.25) is 0 Å². The van der Waals surface area contributed by atoms with E-state index >= 15 is 0 Å². The number of nitrogens with one attached hydrogen (secondary N) is 1. The Labute approximate surface area is 163 Å². The summed E-state index contributed by atoms with van der Waals surface area (Å²) in [5.41, 5.74) is 3.77. The molecule has 138 valence electrons. The first-order valence-corrected chi connectivity index (χ1v) is 9.75. The highest BCUT2D eigenvalue weighted by atomic mass is 32.1. The van der Waals surface area contributed by atoms with Crippen molar-refractivity contribution in [2.75, 3.05) is 10.2 Å². The quantitative estimate of drug-likeness (QED) is 0.637. The molecule has 27 heavy (non-hydrogen) atoms. The average molecular weight is 378 g/mol. The smallest absolute Gasteiger partial charge is 0.268 e. The first-order valence-electron chi connectivity index (χ1n) is 8.87. The van der Waals surface area contributed by atoms with Crippen LogP contribution >= 0.6 is 11.3 Å². The lowest BCUT2D eigenvalue weighted by Crippen LogP contribution is -2.29. The molecule has 1 heterocycles. The molecule has 2 amide bonds. The van der Waals surface area contributed by atoms with Gasteiger partial charge in [-0.05, 0) is 48.2 Å². The minimum absolute atomic E-state index is 0.0165. The molecule has 0 spiro atoms. The molecule has 3 aromatic rings. The third-order valence-electron chi connectivity index (χ3n) is 4.22. The topological polar surface area (TPSA) is 49.4 Å². The molecule has 1 N–H and O–H groups in total. The number of hydrogen-bond acceptors (Lipinski definition) is 3. The van der Waals surface area contributed by atoms with Gasteiger partial charge in [0.1, 0.15) is 0 Å². The number of aryl methyl sites for hydroxylation is 1. The predicted octanol–water partition coefficient (Wildman–Crippen LogP) is 5.25. The van der Waals surface area contributed by atoms with E-state index in [1.807, 2.05) is 79.9 Å². The second-order valence-corrected chi connectivity index (χ2v) is 7.25. The van der Waals surface area contributed by atoms with E-state index in [0.29, 0.717) is 17.8 Å². The Morgan fingerprint density at radius 3 is 2.30 bits per heavy atom. The fourth-order valence-electron chi connectivity index (χ4n) is 2.66. The Hall–Kier alpha value is -2.92. The van der Waals surface area contributed by atoms with Gasteiger partial charge in [-0.3, -0.25) is 9.59 Å². The second-order valence-electron chi connectivity index (χ2n) is 6.30. The number of carbonyl (C=O) groups is 2. The zero-order chi connectivity index (χ0) is 19.2. The van der Waals surface area contributed by atoms with Crippen molar-refractivity contribution in [3.05, 3.63) is 82.0 Å². The van der Waals surface area contributed by atoms with Crippen molar-refractivity contribution >= 4 is 34.5 Å². The van der Waals surface area contributed by atoms with Gasteiger partial charge in [0.25, 0.3) is 5.91 Å². The van der Waals surface area contributed by atoms with Crippen LogP contribution < -0.4 is 10.2 Å². The molecule has 0 saturated heterocycles. The van der Waals surface area contributed by atoms with Crippen molar-refractivity contribution in [3.63, 3.8) is 0 Å². The summed E-state index contributed by atoms with van der Waals surface area (Å²) < 4.78 is 0. The predicted molar refractivity (Wildman–Crippen MR) is 111 cm³/mol. The van der Waals surface area contributed by atoms with Crippen LogP contribution in [-0.4, -0.2) is 11.8 Å². The van der Waals surface area contributed by atoms with E-state index in [4.69, 9.17) is 0 Å². The van der Waals surface area contributed by atoms with Crippen molar-refractivity contribution in [3.8, 4) is 0 Å². The van der Waals surface area contributed by atoms with Crippen molar-refractivity contribution < 1.29 is 9.59 Å². The molecule has 0 aliphatic carbocycles. The van der Waals surface area contributed by atoms with Crippen LogP contribution in [-0.2, 0) is 11.3 Å². The Bertz CT molecular complexity index is 901. The van der Waals surface area contributed by atoms with E-state index in [-0.39, 0.29) is 11.8 Å². The minimum atomic E-state index is -0.0168. The molecular weight excluding hydrogens is 356 g/mol. The summed E-state index contributed by atoms with van der Waals surface area (Å²) in [5.74, 6) is -0.0332. The molecule has 4 nitrogen and oxygen atoms in total. The lowest BCUT2D eigenvalue weighted by atomic mass is 10.1. The van der Waals surface area contributed by atoms with E-state index in [9.17, 15) is 9.59 Å². The summed E-state index contributed by atoms with van der Waals surface area (Å²) in [5, 5.41) is 4.75. The van der Waals surface area contributed by atoms with Crippen LogP contribution in [0, 0.1) is 6.92 Å². The highest BCUT2D eigenvalue weighted by molar-refractivity contribution is 7.12. The summed E-state index contributed by atoms with van der Waals surface area (Å²) in [4.78, 5) is 27.0. The van der Waals surface area contributed by atoms with Crippen LogP contribution in [0.1, 0.15) is 34.1 Å². The fourth-order valence-corrected chi connectivity index (χ4v) is 3.34. The summed E-state index contributed by atoms with van der Waals surface area (Å²) in [6.45, 7) is 4.31. The molecule has 3 rings (SSSR count). The maximum absolute atomic E-state index is 13.0. The van der Waals surface area contributed by atoms with Gasteiger partial charge < -0.3 is 10.2 Å². The molecule has 5 heteroatoms. The zero-order valence-electron chi connectivity index (χ0n) is 15.4. The number of anilines is 2. The number of thiophene rings is 1. The van der Waals surface area contributed by atoms with Gasteiger partial charge in [-0.15, -0.1) is 11.3 Å². The van der Waals surface area contributed by atoms with Gasteiger partial charge in [-0.2, -0.15) is 0 Å². The molecule has 0 atom stereocenters. The van der Waals surface area contributed by atoms with Crippen molar-refractivity contribution in [2.24, 2.45) is 0 Å². The Morgan fingerprint density at radius 1 is 1.00 bits per heavy atom. The maximum Gasteiger partial charge on any atom is 0.268 e. The SMILES string of the molecule is CCC(=O)Nc1ccc(CN(C(=O)c2cccs2)c2ccc(C)cc2)cc1. The number of amides is 2. The molecule has 2 aromatic carbocycles. The standard InChI is InChI=1S/C22H22N2O2S/c1-3-21(25)23-18-10-8-17(9-11-18)15-24(19-12-6-16(2)7-13-19)22(26)20-5-4-14-27-20/h4-14H,3,15H2,1-2H3,(H,23,25). The van der Waals surface area contributed by atoms with Gasteiger partial charge in [0.05, 0.1) is 11.4 Å². The Kier molecular flexibility index (Phi) is 6.04. The zero-order valence-corrected chi connectivity index (χ0v) is 16.3. The fraction of sp³-hybridized carbons (Fsp3) is 0.182. The van der Waals surface area contributed by atoms with Crippen LogP contribution in [0.15, 0.2) is 66.0 Å². The molecule has 0 unspecified atom stereocenters. The molecule has 0 bridgehead atoms. The largest absolute Gasteiger partial charge is 0.326 e. The summed E-state index contributed by atoms with van der Waals surface area (Å²) in [7, 11) is 0. The van der Waals surface area contributed by atoms with Gasteiger partial charge in [0.15, 0.2) is 0 Å². The van der Waals surface area contributed by atoms with Crippen LogP contribution in [0.25, 0.3) is 0 Å². The lowest BCUT2D eigenvalue weighted by molar-refractivity contribution is -0.115. The van der Waals surface area contributed by atoms with Crippen LogP contribution in [0.3, 0.4) is 0 Å². The normalized spacial score (nSPS) is 10.4. The Balaban J connectivity index is 1.84.